The molecule has 3 N–H and O–H groups in total. The van der Waals surface area contributed by atoms with Crippen molar-refractivity contribution in [3.05, 3.63) is 0 Å². The molecule has 1 aliphatic rings. The average Bonchev–Trinajstić information content (AvgIpc) is 2.35. The molecule has 2 atom stereocenters. The predicted octanol–water partition coefficient (Wildman–Crippen LogP) is 0.00840. The van der Waals surface area contributed by atoms with Gasteiger partial charge in [-0.3, -0.25) is 19.3 Å². The minimum absolute atomic E-state index is 0.0306. The maximum atomic E-state index is 11.7. The lowest BCUT2D eigenvalue weighted by atomic mass is 9.93. The summed E-state index contributed by atoms with van der Waals surface area (Å²) >= 11 is 0. The standard InChI is InChI=1S/C13H22N2O5/c1-8(2)12(18)14-10-5-9(13(19)20)6-15(7-10)4-3-11(16)17/h8-10H,3-7H2,1-2H3,(H,14,18)(H,16,17)(H,19,20). The molecular weight excluding hydrogens is 264 g/mol. The maximum absolute atomic E-state index is 11.7. The molecule has 1 heterocycles. The van der Waals surface area contributed by atoms with Gasteiger partial charge in [-0.2, -0.15) is 0 Å². The molecule has 7 nitrogen and oxygen atoms in total. The van der Waals surface area contributed by atoms with E-state index in [0.29, 0.717) is 26.1 Å². The summed E-state index contributed by atoms with van der Waals surface area (Å²) in [5, 5.41) is 20.7. The maximum Gasteiger partial charge on any atom is 0.307 e. The van der Waals surface area contributed by atoms with Gasteiger partial charge in [-0.1, -0.05) is 13.8 Å². The normalized spacial score (nSPS) is 23.6. The molecule has 7 heteroatoms. The summed E-state index contributed by atoms with van der Waals surface area (Å²) in [5.41, 5.74) is 0. The Hall–Kier alpha value is -1.63. The first-order chi connectivity index (χ1) is 9.29. The molecule has 114 valence electrons. The summed E-state index contributed by atoms with van der Waals surface area (Å²) in [6, 6.07) is -0.242. The zero-order chi connectivity index (χ0) is 15.3. The van der Waals surface area contributed by atoms with Gasteiger partial charge < -0.3 is 15.5 Å². The molecule has 0 aromatic carbocycles. The van der Waals surface area contributed by atoms with Crippen molar-refractivity contribution >= 4 is 17.8 Å². The highest BCUT2D eigenvalue weighted by molar-refractivity contribution is 5.78. The van der Waals surface area contributed by atoms with Crippen molar-refractivity contribution in [1.82, 2.24) is 10.2 Å². The topological polar surface area (TPSA) is 107 Å². The van der Waals surface area contributed by atoms with Crippen LogP contribution in [0.1, 0.15) is 26.7 Å². The molecule has 0 aliphatic carbocycles. The first kappa shape index (κ1) is 16.4. The molecule has 0 spiro atoms. The highest BCUT2D eigenvalue weighted by Gasteiger charge is 2.32. The van der Waals surface area contributed by atoms with Gasteiger partial charge in [0.25, 0.3) is 0 Å². The van der Waals surface area contributed by atoms with E-state index in [9.17, 15) is 14.4 Å². The smallest absolute Gasteiger partial charge is 0.307 e. The van der Waals surface area contributed by atoms with E-state index in [-0.39, 0.29) is 24.3 Å². The molecule has 2 unspecified atom stereocenters. The summed E-state index contributed by atoms with van der Waals surface area (Å²) in [7, 11) is 0. The van der Waals surface area contributed by atoms with Gasteiger partial charge in [0.2, 0.25) is 5.91 Å². The fourth-order valence-corrected chi connectivity index (χ4v) is 2.28. The summed E-state index contributed by atoms with van der Waals surface area (Å²) in [4.78, 5) is 35.2. The van der Waals surface area contributed by atoms with E-state index in [2.05, 4.69) is 5.32 Å². The van der Waals surface area contributed by atoms with Crippen molar-refractivity contribution in [2.24, 2.45) is 11.8 Å². The number of nitrogens with zero attached hydrogens (tertiary/aromatic N) is 1. The van der Waals surface area contributed by atoms with Gasteiger partial charge in [-0.15, -0.1) is 0 Å². The van der Waals surface area contributed by atoms with Crippen LogP contribution < -0.4 is 5.32 Å². The van der Waals surface area contributed by atoms with Crippen LogP contribution in [0.25, 0.3) is 0 Å². The lowest BCUT2D eigenvalue weighted by Gasteiger charge is -2.36. The van der Waals surface area contributed by atoms with Crippen molar-refractivity contribution in [1.29, 1.82) is 0 Å². The zero-order valence-corrected chi connectivity index (χ0v) is 11.8. The minimum Gasteiger partial charge on any atom is -0.481 e. The highest BCUT2D eigenvalue weighted by atomic mass is 16.4. The number of amides is 1. The van der Waals surface area contributed by atoms with Crippen LogP contribution in [0.15, 0.2) is 0 Å². The summed E-state index contributed by atoms with van der Waals surface area (Å²) in [6.07, 6.45) is 0.356. The summed E-state index contributed by atoms with van der Waals surface area (Å²) < 4.78 is 0. The Kier molecular flexibility index (Phi) is 5.94. The number of carbonyl (C=O) groups is 3. The van der Waals surface area contributed by atoms with Crippen LogP contribution in [0.3, 0.4) is 0 Å². The number of carboxylic acid groups (broad SMARTS) is 2. The second-order valence-corrected chi connectivity index (χ2v) is 5.53. The lowest BCUT2D eigenvalue weighted by Crippen LogP contribution is -2.53. The Morgan fingerprint density at radius 1 is 1.25 bits per heavy atom. The molecule has 0 bridgehead atoms. The van der Waals surface area contributed by atoms with Crippen molar-refractivity contribution in [2.75, 3.05) is 19.6 Å². The molecule has 1 fully saturated rings. The number of piperidine rings is 1. The largest absolute Gasteiger partial charge is 0.481 e. The Labute approximate surface area is 117 Å². The zero-order valence-electron chi connectivity index (χ0n) is 11.8. The van der Waals surface area contributed by atoms with Crippen LogP contribution in [-0.4, -0.2) is 58.6 Å². The molecule has 1 aliphatic heterocycles. The highest BCUT2D eigenvalue weighted by Crippen LogP contribution is 2.18. The van der Waals surface area contributed by atoms with Crippen molar-refractivity contribution in [3.8, 4) is 0 Å². The summed E-state index contributed by atoms with van der Waals surface area (Å²) in [5.74, 6) is -2.67. The minimum atomic E-state index is -0.912. The monoisotopic (exact) mass is 286 g/mol. The Bertz CT molecular complexity index is 383. The van der Waals surface area contributed by atoms with Gasteiger partial charge in [0.05, 0.1) is 12.3 Å². The average molecular weight is 286 g/mol. The number of aliphatic carboxylic acids is 2. The molecule has 1 amide bonds. The number of likely N-dealkylation sites (tertiary alicyclic amines) is 1. The number of nitrogens with one attached hydrogen (secondary N) is 1. The second-order valence-electron chi connectivity index (χ2n) is 5.53. The SMILES string of the molecule is CC(C)C(=O)NC1CC(C(=O)O)CN(CCC(=O)O)C1. The third-order valence-corrected chi connectivity index (χ3v) is 3.39. The van der Waals surface area contributed by atoms with Crippen molar-refractivity contribution in [2.45, 2.75) is 32.7 Å². The fourth-order valence-electron chi connectivity index (χ4n) is 2.28. The Balaban J connectivity index is 2.62. The van der Waals surface area contributed by atoms with E-state index in [1.54, 1.807) is 18.7 Å². The van der Waals surface area contributed by atoms with E-state index in [0.717, 1.165) is 0 Å². The van der Waals surface area contributed by atoms with Crippen LogP contribution >= 0.6 is 0 Å². The molecule has 0 radical (unpaired) electrons. The second kappa shape index (κ2) is 7.23. The number of hydrogen-bond acceptors (Lipinski definition) is 4. The number of hydrogen-bond donors (Lipinski definition) is 3. The molecule has 1 saturated heterocycles. The van der Waals surface area contributed by atoms with Gasteiger partial charge in [0.1, 0.15) is 0 Å². The first-order valence-corrected chi connectivity index (χ1v) is 6.77. The van der Waals surface area contributed by atoms with Gasteiger partial charge in [0, 0.05) is 31.6 Å². The Morgan fingerprint density at radius 3 is 2.40 bits per heavy atom. The van der Waals surface area contributed by atoms with Crippen LogP contribution in [0.5, 0.6) is 0 Å². The predicted molar refractivity (Wildman–Crippen MR) is 71.2 cm³/mol. The molecule has 0 aromatic heterocycles. The summed E-state index contributed by atoms with van der Waals surface area (Å²) in [6.45, 7) is 4.67. The fraction of sp³-hybridized carbons (Fsp3) is 0.769. The van der Waals surface area contributed by atoms with E-state index in [4.69, 9.17) is 10.2 Å². The molecule has 20 heavy (non-hydrogen) atoms. The van der Waals surface area contributed by atoms with Crippen LogP contribution in [0.2, 0.25) is 0 Å². The lowest BCUT2D eigenvalue weighted by molar-refractivity contribution is -0.144. The van der Waals surface area contributed by atoms with Crippen LogP contribution in [0.4, 0.5) is 0 Å². The number of carbonyl (C=O) groups excluding carboxylic acids is 1. The molecule has 0 aromatic rings. The molecular formula is C13H22N2O5. The van der Waals surface area contributed by atoms with E-state index < -0.39 is 17.9 Å². The van der Waals surface area contributed by atoms with Crippen molar-refractivity contribution in [3.63, 3.8) is 0 Å². The van der Waals surface area contributed by atoms with Crippen molar-refractivity contribution < 1.29 is 24.6 Å². The first-order valence-electron chi connectivity index (χ1n) is 6.77. The Morgan fingerprint density at radius 2 is 1.90 bits per heavy atom. The van der Waals surface area contributed by atoms with Crippen LogP contribution in [-0.2, 0) is 14.4 Å². The van der Waals surface area contributed by atoms with Crippen LogP contribution in [0, 0.1) is 11.8 Å². The molecule has 1 rings (SSSR count). The quantitative estimate of drug-likeness (QED) is 0.635. The van der Waals surface area contributed by atoms with E-state index in [1.165, 1.54) is 0 Å². The van der Waals surface area contributed by atoms with E-state index >= 15 is 0 Å². The number of carboxylic acids is 2. The van der Waals surface area contributed by atoms with Gasteiger partial charge in [-0.05, 0) is 6.42 Å². The number of rotatable bonds is 6. The molecule has 0 saturated carbocycles. The third-order valence-electron chi connectivity index (χ3n) is 3.39. The van der Waals surface area contributed by atoms with Gasteiger partial charge in [-0.25, -0.2) is 0 Å². The van der Waals surface area contributed by atoms with E-state index in [1.807, 2.05) is 0 Å². The van der Waals surface area contributed by atoms with Gasteiger partial charge >= 0.3 is 11.9 Å². The third kappa shape index (κ3) is 5.16. The van der Waals surface area contributed by atoms with Gasteiger partial charge in [0.15, 0.2) is 0 Å².